The van der Waals surface area contributed by atoms with Gasteiger partial charge in [0.25, 0.3) is 10.0 Å². The molecular formula is C26H29NO5S2. The maximum absolute atomic E-state index is 13.9. The van der Waals surface area contributed by atoms with Gasteiger partial charge in [-0.25, -0.2) is 17.5 Å². The fourth-order valence-electron chi connectivity index (χ4n) is 3.38. The molecule has 1 aromatic heterocycles. The summed E-state index contributed by atoms with van der Waals surface area (Å²) >= 11 is 1.12. The molecule has 2 aromatic carbocycles. The first-order valence-corrected chi connectivity index (χ1v) is 13.0. The number of benzene rings is 2. The van der Waals surface area contributed by atoms with E-state index in [-0.39, 0.29) is 27.6 Å². The van der Waals surface area contributed by atoms with Crippen LogP contribution in [0.3, 0.4) is 0 Å². The first kappa shape index (κ1) is 25.7. The lowest BCUT2D eigenvalue weighted by Gasteiger charge is -2.26. The third-order valence-corrected chi connectivity index (χ3v) is 7.92. The highest BCUT2D eigenvalue weighted by Crippen LogP contribution is 2.34. The zero-order valence-electron chi connectivity index (χ0n) is 19.9. The van der Waals surface area contributed by atoms with Crippen LogP contribution in [0.15, 0.2) is 64.9 Å². The Morgan fingerprint density at radius 3 is 2.35 bits per heavy atom. The predicted octanol–water partition coefficient (Wildman–Crippen LogP) is 5.80. The second-order valence-electron chi connectivity index (χ2n) is 8.64. The minimum Gasteiger partial charge on any atom is -0.465 e. The van der Waals surface area contributed by atoms with Gasteiger partial charge in [0, 0.05) is 7.11 Å². The van der Waals surface area contributed by atoms with Gasteiger partial charge >= 0.3 is 5.97 Å². The summed E-state index contributed by atoms with van der Waals surface area (Å²) in [4.78, 5) is 12.6. The number of nitrogens with zero attached hydrogens (tertiary/aromatic N) is 1. The molecule has 6 nitrogen and oxygen atoms in total. The topological polar surface area (TPSA) is 72.9 Å². The fourth-order valence-corrected chi connectivity index (χ4v) is 5.81. The van der Waals surface area contributed by atoms with Crippen LogP contribution < -0.4 is 4.31 Å². The maximum Gasteiger partial charge on any atom is 0.350 e. The monoisotopic (exact) mass is 499 g/mol. The van der Waals surface area contributed by atoms with Crippen LogP contribution >= 0.6 is 11.3 Å². The largest absolute Gasteiger partial charge is 0.465 e. The van der Waals surface area contributed by atoms with Crippen molar-refractivity contribution in [1.29, 1.82) is 0 Å². The summed E-state index contributed by atoms with van der Waals surface area (Å²) in [7, 11) is -1.42. The standard InChI is InChI=1S/C26H29NO5S2/c1-26(2,3)21-13-14-23(20(17-21)12-11-19-9-7-6-8-10-19)34(29,30)27(18-31-4)22-15-16-33-24(22)25(28)32-5/h6-17H,18H2,1-5H3/b12-11+. The number of anilines is 1. The van der Waals surface area contributed by atoms with Crippen molar-refractivity contribution in [3.63, 3.8) is 0 Å². The molecule has 3 aromatic rings. The van der Waals surface area contributed by atoms with Crippen molar-refractivity contribution in [2.45, 2.75) is 31.1 Å². The van der Waals surface area contributed by atoms with Gasteiger partial charge in [0.15, 0.2) is 0 Å². The van der Waals surface area contributed by atoms with Crippen molar-refractivity contribution in [2.75, 3.05) is 25.3 Å². The third kappa shape index (κ3) is 5.58. The van der Waals surface area contributed by atoms with Crippen LogP contribution in [0.25, 0.3) is 12.2 Å². The smallest absolute Gasteiger partial charge is 0.350 e. The quantitative estimate of drug-likeness (QED) is 0.222. The molecule has 0 fully saturated rings. The van der Waals surface area contributed by atoms with E-state index < -0.39 is 16.0 Å². The number of ether oxygens (including phenoxy) is 2. The van der Waals surface area contributed by atoms with E-state index in [9.17, 15) is 13.2 Å². The van der Waals surface area contributed by atoms with Gasteiger partial charge in [-0.05, 0) is 45.7 Å². The SMILES string of the molecule is COCN(c1ccsc1C(=O)OC)S(=O)(=O)c1ccc(C(C)(C)C)cc1/C=C/c1ccccc1. The highest BCUT2D eigenvalue weighted by molar-refractivity contribution is 7.93. The van der Waals surface area contributed by atoms with Gasteiger partial charge in [-0.1, -0.05) is 69.3 Å². The molecule has 180 valence electrons. The Balaban J connectivity index is 2.18. The molecule has 0 bridgehead atoms. The van der Waals surface area contributed by atoms with Crippen molar-refractivity contribution >= 4 is 45.2 Å². The number of hydrogen-bond donors (Lipinski definition) is 0. The lowest BCUT2D eigenvalue weighted by Crippen LogP contribution is -2.34. The summed E-state index contributed by atoms with van der Waals surface area (Å²) < 4.78 is 39.1. The minimum absolute atomic E-state index is 0.117. The van der Waals surface area contributed by atoms with E-state index in [4.69, 9.17) is 9.47 Å². The van der Waals surface area contributed by atoms with Crippen LogP contribution in [0.1, 0.15) is 47.1 Å². The van der Waals surface area contributed by atoms with Crippen molar-refractivity contribution in [1.82, 2.24) is 0 Å². The molecule has 0 aliphatic heterocycles. The van der Waals surface area contributed by atoms with Crippen molar-refractivity contribution in [2.24, 2.45) is 0 Å². The summed E-state index contributed by atoms with van der Waals surface area (Å²) in [6.45, 7) is 5.97. The average Bonchev–Trinajstić information content (AvgIpc) is 3.29. The van der Waals surface area contributed by atoms with E-state index in [1.807, 2.05) is 48.5 Å². The Bertz CT molecular complexity index is 1270. The van der Waals surface area contributed by atoms with Crippen molar-refractivity contribution < 1.29 is 22.7 Å². The van der Waals surface area contributed by atoms with Crippen LogP contribution in [0.2, 0.25) is 0 Å². The van der Waals surface area contributed by atoms with E-state index in [0.29, 0.717) is 5.56 Å². The molecular weight excluding hydrogens is 470 g/mol. The van der Waals surface area contributed by atoms with Crippen molar-refractivity contribution in [3.05, 3.63) is 81.5 Å². The molecule has 0 spiro atoms. The zero-order chi connectivity index (χ0) is 24.9. The molecule has 0 aliphatic rings. The van der Waals surface area contributed by atoms with E-state index in [0.717, 1.165) is 26.8 Å². The highest BCUT2D eigenvalue weighted by Gasteiger charge is 2.31. The van der Waals surface area contributed by atoms with Crippen LogP contribution in [0.5, 0.6) is 0 Å². The Kier molecular flexibility index (Phi) is 7.97. The molecule has 0 saturated heterocycles. The molecule has 0 atom stereocenters. The van der Waals surface area contributed by atoms with Gasteiger partial charge in [0.2, 0.25) is 0 Å². The predicted molar refractivity (Wildman–Crippen MR) is 138 cm³/mol. The minimum atomic E-state index is -4.09. The number of esters is 1. The van der Waals surface area contributed by atoms with Gasteiger partial charge in [-0.15, -0.1) is 11.3 Å². The summed E-state index contributed by atoms with van der Waals surface area (Å²) in [5.74, 6) is -0.603. The maximum atomic E-state index is 13.9. The fraction of sp³-hybridized carbons (Fsp3) is 0.269. The lowest BCUT2D eigenvalue weighted by molar-refractivity contribution is 0.0607. The molecule has 3 rings (SSSR count). The van der Waals surface area contributed by atoms with Crippen molar-refractivity contribution in [3.8, 4) is 0 Å². The number of carbonyl (C=O) groups excluding carboxylic acids is 1. The first-order chi connectivity index (χ1) is 16.1. The normalized spacial score (nSPS) is 12.1. The molecule has 34 heavy (non-hydrogen) atoms. The Labute approximate surface area is 205 Å². The zero-order valence-corrected chi connectivity index (χ0v) is 21.6. The number of carbonyl (C=O) groups is 1. The second kappa shape index (κ2) is 10.5. The second-order valence-corrected chi connectivity index (χ2v) is 11.4. The van der Waals surface area contributed by atoms with Crippen LogP contribution in [-0.2, 0) is 24.9 Å². The molecule has 0 saturated carbocycles. The number of sulfonamides is 1. The van der Waals surface area contributed by atoms with Gasteiger partial charge in [0.05, 0.1) is 17.7 Å². The van der Waals surface area contributed by atoms with Crippen LogP contribution in [-0.4, -0.2) is 35.3 Å². The molecule has 0 N–H and O–H groups in total. The molecule has 0 amide bonds. The average molecular weight is 500 g/mol. The van der Waals surface area contributed by atoms with Gasteiger partial charge in [-0.3, -0.25) is 0 Å². The Hall–Kier alpha value is -2.94. The molecule has 8 heteroatoms. The first-order valence-electron chi connectivity index (χ1n) is 10.6. The van der Waals surface area contributed by atoms with Gasteiger partial charge in [-0.2, -0.15) is 0 Å². The molecule has 0 radical (unpaired) electrons. The van der Waals surface area contributed by atoms with Crippen LogP contribution in [0.4, 0.5) is 5.69 Å². The number of thiophene rings is 1. The molecule has 0 unspecified atom stereocenters. The van der Waals surface area contributed by atoms with Crippen LogP contribution in [0, 0.1) is 0 Å². The summed E-state index contributed by atoms with van der Waals surface area (Å²) in [5.41, 5.74) is 2.55. The highest BCUT2D eigenvalue weighted by atomic mass is 32.2. The Morgan fingerprint density at radius 1 is 1.03 bits per heavy atom. The Morgan fingerprint density at radius 2 is 1.74 bits per heavy atom. The van der Waals surface area contributed by atoms with E-state index >= 15 is 0 Å². The molecule has 1 heterocycles. The molecule has 0 aliphatic carbocycles. The third-order valence-electron chi connectivity index (χ3n) is 5.23. The summed E-state index contributed by atoms with van der Waals surface area (Å²) in [6.07, 6.45) is 3.68. The van der Waals surface area contributed by atoms with Gasteiger partial charge < -0.3 is 9.47 Å². The van der Waals surface area contributed by atoms with E-state index in [1.165, 1.54) is 14.2 Å². The number of hydrogen-bond acceptors (Lipinski definition) is 6. The number of methoxy groups -OCH3 is 2. The van der Waals surface area contributed by atoms with Gasteiger partial charge in [0.1, 0.15) is 11.6 Å². The van der Waals surface area contributed by atoms with E-state index in [2.05, 4.69) is 20.8 Å². The summed E-state index contributed by atoms with van der Waals surface area (Å²) in [6, 6.07) is 16.6. The summed E-state index contributed by atoms with van der Waals surface area (Å²) in [5, 5.41) is 1.65. The van der Waals surface area contributed by atoms with E-state index in [1.54, 1.807) is 23.6 Å². The lowest BCUT2D eigenvalue weighted by atomic mass is 9.86. The number of rotatable bonds is 8.